The molecule has 0 bridgehead atoms. The van der Waals surface area contributed by atoms with Gasteiger partial charge in [0.1, 0.15) is 0 Å². The van der Waals surface area contributed by atoms with Crippen LogP contribution in [0.5, 0.6) is 0 Å². The molecule has 8 heteroatoms. The molecule has 2 heterocycles. The minimum atomic E-state index is -0.959. The van der Waals surface area contributed by atoms with Crippen molar-refractivity contribution in [2.75, 3.05) is 39.3 Å². The number of likely N-dealkylation sites (tertiary alicyclic amines) is 2. The number of carboxylic acid groups (broad SMARTS) is 1. The van der Waals surface area contributed by atoms with E-state index in [9.17, 15) is 14.7 Å². The molecule has 2 aliphatic heterocycles. The van der Waals surface area contributed by atoms with E-state index < -0.39 is 11.4 Å². The predicted molar refractivity (Wildman–Crippen MR) is 145 cm³/mol. The molecule has 1 unspecified atom stereocenters. The first-order valence-corrected chi connectivity index (χ1v) is 14.3. The number of aliphatic carboxylic acids is 1. The molecule has 0 aromatic carbocycles. The lowest BCUT2D eigenvalue weighted by Gasteiger charge is -2.36. The quantitative estimate of drug-likeness (QED) is 0.419. The van der Waals surface area contributed by atoms with Crippen molar-refractivity contribution < 1.29 is 14.7 Å². The maximum atomic E-state index is 13.7. The van der Waals surface area contributed by atoms with E-state index in [-0.39, 0.29) is 30.2 Å². The van der Waals surface area contributed by atoms with Crippen LogP contribution >= 0.6 is 23.2 Å². The lowest BCUT2D eigenvalue weighted by molar-refractivity contribution is -0.147. The van der Waals surface area contributed by atoms with Crippen LogP contribution < -0.4 is 5.32 Å². The number of hydrogen-bond acceptors (Lipinski definition) is 4. The number of piperidine rings is 1. The molecule has 3 atom stereocenters. The maximum Gasteiger partial charge on any atom is 0.304 e. The van der Waals surface area contributed by atoms with E-state index in [1.165, 1.54) is 25.7 Å². The summed E-state index contributed by atoms with van der Waals surface area (Å²) >= 11 is 13.1. The van der Waals surface area contributed by atoms with Gasteiger partial charge in [-0.1, -0.05) is 54.8 Å². The van der Waals surface area contributed by atoms with Crippen LogP contribution in [-0.4, -0.2) is 72.1 Å². The highest BCUT2D eigenvalue weighted by Gasteiger charge is 2.52. The Bertz CT molecular complexity index is 938. The molecular formula is C28H41Cl2N3O3. The first-order chi connectivity index (χ1) is 17.2. The Kier molecular flexibility index (Phi) is 9.24. The summed E-state index contributed by atoms with van der Waals surface area (Å²) in [4.78, 5) is 30.3. The second-order valence-electron chi connectivity index (χ2n) is 11.4. The summed E-state index contributed by atoms with van der Waals surface area (Å²) in [6.45, 7) is 8.62. The number of amides is 1. The SMILES string of the molecule is CC1CC=C(Cl)C(CN2C[C@H](C)[C@](CC(=O)O)(C(=O)NC3CCN(CC4=CCCCC4)CC3)C2)=C1Cl. The van der Waals surface area contributed by atoms with Crippen LogP contribution in [0.4, 0.5) is 0 Å². The third-order valence-electron chi connectivity index (χ3n) is 8.68. The molecule has 1 amide bonds. The molecular weight excluding hydrogens is 497 g/mol. The van der Waals surface area contributed by atoms with Gasteiger partial charge in [0.05, 0.1) is 11.8 Å². The topological polar surface area (TPSA) is 72.9 Å². The molecule has 2 aliphatic carbocycles. The van der Waals surface area contributed by atoms with Crippen molar-refractivity contribution in [3.8, 4) is 0 Å². The van der Waals surface area contributed by atoms with E-state index in [0.29, 0.717) is 24.7 Å². The number of nitrogens with zero attached hydrogens (tertiary/aromatic N) is 2. The average Bonchev–Trinajstić information content (AvgIpc) is 3.16. The number of carbonyl (C=O) groups is 2. The van der Waals surface area contributed by atoms with Gasteiger partial charge in [-0.2, -0.15) is 0 Å². The number of rotatable bonds is 8. The third kappa shape index (κ3) is 6.38. The zero-order valence-electron chi connectivity index (χ0n) is 21.7. The van der Waals surface area contributed by atoms with Gasteiger partial charge in [-0.15, -0.1) is 0 Å². The maximum absolute atomic E-state index is 13.7. The van der Waals surface area contributed by atoms with Crippen LogP contribution in [0, 0.1) is 17.3 Å². The van der Waals surface area contributed by atoms with E-state index in [4.69, 9.17) is 23.2 Å². The van der Waals surface area contributed by atoms with Crippen LogP contribution in [0.25, 0.3) is 0 Å². The summed E-state index contributed by atoms with van der Waals surface area (Å²) < 4.78 is 0. The van der Waals surface area contributed by atoms with Crippen molar-refractivity contribution in [1.29, 1.82) is 0 Å². The first-order valence-electron chi connectivity index (χ1n) is 13.6. The van der Waals surface area contributed by atoms with Crippen molar-refractivity contribution in [2.45, 2.75) is 71.3 Å². The highest BCUT2D eigenvalue weighted by molar-refractivity contribution is 6.36. The molecule has 4 aliphatic rings. The van der Waals surface area contributed by atoms with E-state index in [1.807, 2.05) is 13.0 Å². The van der Waals surface area contributed by atoms with Crippen LogP contribution in [-0.2, 0) is 9.59 Å². The Hall–Kier alpha value is -1.34. The zero-order chi connectivity index (χ0) is 25.9. The highest BCUT2D eigenvalue weighted by Crippen LogP contribution is 2.42. The Morgan fingerprint density at radius 2 is 1.86 bits per heavy atom. The number of carbonyl (C=O) groups excluding carboxylic acids is 1. The minimum Gasteiger partial charge on any atom is -0.481 e. The molecule has 0 radical (unpaired) electrons. The van der Waals surface area contributed by atoms with Gasteiger partial charge < -0.3 is 10.4 Å². The number of nitrogens with one attached hydrogen (secondary N) is 1. The molecule has 36 heavy (non-hydrogen) atoms. The molecule has 200 valence electrons. The molecule has 4 rings (SSSR count). The van der Waals surface area contributed by atoms with E-state index in [1.54, 1.807) is 5.57 Å². The van der Waals surface area contributed by atoms with Gasteiger partial charge in [0.15, 0.2) is 0 Å². The Balaban J connectivity index is 1.38. The molecule has 2 saturated heterocycles. The van der Waals surface area contributed by atoms with Crippen molar-refractivity contribution in [3.05, 3.63) is 33.4 Å². The summed E-state index contributed by atoms with van der Waals surface area (Å²) in [5, 5.41) is 14.5. The molecule has 0 saturated carbocycles. The van der Waals surface area contributed by atoms with Crippen molar-refractivity contribution in [3.63, 3.8) is 0 Å². The van der Waals surface area contributed by atoms with Gasteiger partial charge in [-0.3, -0.25) is 19.4 Å². The van der Waals surface area contributed by atoms with Crippen LogP contribution in [0.1, 0.15) is 65.2 Å². The molecule has 2 N–H and O–H groups in total. The monoisotopic (exact) mass is 537 g/mol. The first kappa shape index (κ1) is 27.7. The summed E-state index contributed by atoms with van der Waals surface area (Å²) in [5.41, 5.74) is 1.50. The summed E-state index contributed by atoms with van der Waals surface area (Å²) in [7, 11) is 0. The van der Waals surface area contributed by atoms with Crippen molar-refractivity contribution in [2.24, 2.45) is 17.3 Å². The molecule has 0 aromatic rings. The minimum absolute atomic E-state index is 0.0879. The lowest BCUT2D eigenvalue weighted by Crippen LogP contribution is -2.53. The highest BCUT2D eigenvalue weighted by atomic mass is 35.5. The third-order valence-corrected chi connectivity index (χ3v) is 9.66. The molecule has 0 spiro atoms. The van der Waals surface area contributed by atoms with Crippen molar-refractivity contribution in [1.82, 2.24) is 15.1 Å². The van der Waals surface area contributed by atoms with E-state index in [0.717, 1.165) is 49.5 Å². The smallest absolute Gasteiger partial charge is 0.304 e. The fourth-order valence-electron chi connectivity index (χ4n) is 6.37. The Morgan fingerprint density at radius 3 is 2.53 bits per heavy atom. The summed E-state index contributed by atoms with van der Waals surface area (Å²) in [6.07, 6.45) is 11.9. The van der Waals surface area contributed by atoms with Gasteiger partial charge >= 0.3 is 5.97 Å². The second-order valence-corrected chi connectivity index (χ2v) is 12.3. The van der Waals surface area contributed by atoms with E-state index >= 15 is 0 Å². The van der Waals surface area contributed by atoms with Gasteiger partial charge in [0.25, 0.3) is 0 Å². The van der Waals surface area contributed by atoms with Gasteiger partial charge in [-0.05, 0) is 62.4 Å². The standard InChI is InChI=1S/C28H41Cl2N3O3/c1-19-8-9-24(29)23(26(19)30)17-33-15-20(2)28(18-33,14-25(34)35)27(36)31-22-10-12-32(13-11-22)16-21-6-4-3-5-7-21/h6,9,19-20,22H,3-5,7-8,10-18H2,1-2H3,(H,31,36)(H,34,35)/t19?,20-,28+/m0/s1. The summed E-state index contributed by atoms with van der Waals surface area (Å²) in [6, 6.07) is 0.0923. The molecule has 0 aromatic heterocycles. The largest absolute Gasteiger partial charge is 0.481 e. The predicted octanol–water partition coefficient (Wildman–Crippen LogP) is 5.14. The van der Waals surface area contributed by atoms with E-state index in [2.05, 4.69) is 28.1 Å². The average molecular weight is 539 g/mol. The normalized spacial score (nSPS) is 30.8. The molecule has 2 fully saturated rings. The fourth-order valence-corrected chi connectivity index (χ4v) is 6.92. The van der Waals surface area contributed by atoms with Crippen LogP contribution in [0.3, 0.4) is 0 Å². The van der Waals surface area contributed by atoms with Gasteiger partial charge in [-0.25, -0.2) is 0 Å². The number of halogens is 2. The lowest BCUT2D eigenvalue weighted by atomic mass is 9.75. The second kappa shape index (κ2) is 12.0. The fraction of sp³-hybridized carbons (Fsp3) is 0.714. The zero-order valence-corrected chi connectivity index (χ0v) is 23.2. The van der Waals surface area contributed by atoms with Crippen LogP contribution in [0.15, 0.2) is 33.4 Å². The molecule has 6 nitrogen and oxygen atoms in total. The van der Waals surface area contributed by atoms with Crippen LogP contribution in [0.2, 0.25) is 0 Å². The number of hydrogen-bond donors (Lipinski definition) is 2. The Labute approximate surface area is 225 Å². The number of allylic oxidation sites excluding steroid dienone is 3. The van der Waals surface area contributed by atoms with Crippen molar-refractivity contribution >= 4 is 35.1 Å². The summed E-state index contributed by atoms with van der Waals surface area (Å²) in [5.74, 6) is -0.922. The number of carboxylic acids is 1. The van der Waals surface area contributed by atoms with Gasteiger partial charge in [0, 0.05) is 55.4 Å². The van der Waals surface area contributed by atoms with Gasteiger partial charge in [0.2, 0.25) is 5.91 Å². The Morgan fingerprint density at radius 1 is 1.11 bits per heavy atom.